The molecule has 0 aromatic heterocycles. The Bertz CT molecular complexity index is 424. The second-order valence-corrected chi connectivity index (χ2v) is 2.98. The molecule has 0 aliphatic carbocycles. The van der Waals surface area contributed by atoms with Gasteiger partial charge in [-0.1, -0.05) is 0 Å². The van der Waals surface area contributed by atoms with Gasteiger partial charge < -0.3 is 29.9 Å². The molecule has 0 amide bonds. The summed E-state index contributed by atoms with van der Waals surface area (Å²) in [6.07, 6.45) is 0. The summed E-state index contributed by atoms with van der Waals surface area (Å²) in [4.78, 5) is 21.8. The molecule has 0 aliphatic heterocycles. The van der Waals surface area contributed by atoms with Crippen molar-refractivity contribution in [2.45, 2.75) is 0 Å². The Morgan fingerprint density at radius 3 is 1.44 bits per heavy atom. The molecule has 98 valence electrons. The van der Waals surface area contributed by atoms with Crippen molar-refractivity contribution in [3.63, 3.8) is 0 Å². The van der Waals surface area contributed by atoms with Crippen LogP contribution in [-0.4, -0.2) is 46.0 Å². The van der Waals surface area contributed by atoms with Crippen LogP contribution in [0.3, 0.4) is 0 Å². The fraction of sp³-hybridized carbons (Fsp3) is 0.200. The Kier molecular flexibility index (Phi) is 4.46. The summed E-state index contributed by atoms with van der Waals surface area (Å²) >= 11 is 0. The SMILES string of the molecule is O=C(O)c1ccc(C(=O)O)c(OCO)c1OCO. The lowest BCUT2D eigenvalue weighted by Crippen LogP contribution is -2.11. The molecular formula is C10H10O8. The number of hydrogen-bond acceptors (Lipinski definition) is 6. The zero-order chi connectivity index (χ0) is 13.7. The molecule has 0 radical (unpaired) electrons. The van der Waals surface area contributed by atoms with Gasteiger partial charge in [-0.3, -0.25) is 0 Å². The number of aromatic carboxylic acids is 2. The monoisotopic (exact) mass is 258 g/mol. The number of aliphatic hydroxyl groups is 2. The quantitative estimate of drug-likeness (QED) is 0.513. The summed E-state index contributed by atoms with van der Waals surface area (Å²) in [5.41, 5.74) is -0.782. The second-order valence-electron chi connectivity index (χ2n) is 2.98. The fourth-order valence-electron chi connectivity index (χ4n) is 1.32. The number of aliphatic hydroxyl groups excluding tert-OH is 2. The summed E-state index contributed by atoms with van der Waals surface area (Å²) < 4.78 is 9.30. The van der Waals surface area contributed by atoms with Crippen molar-refractivity contribution >= 4 is 11.9 Å². The molecule has 0 saturated carbocycles. The van der Waals surface area contributed by atoms with Gasteiger partial charge in [0.25, 0.3) is 0 Å². The standard InChI is InChI=1S/C10H10O8/c11-3-17-7-5(9(13)14)1-2-6(10(15)16)8(7)18-4-12/h1-2,11-12H,3-4H2,(H,13,14)(H,15,16). The summed E-state index contributed by atoms with van der Waals surface area (Å²) in [7, 11) is 0. The number of ether oxygens (including phenoxy) is 2. The predicted molar refractivity (Wildman–Crippen MR) is 55.8 cm³/mol. The van der Waals surface area contributed by atoms with Gasteiger partial charge in [-0.15, -0.1) is 0 Å². The number of benzene rings is 1. The third kappa shape index (κ3) is 2.67. The van der Waals surface area contributed by atoms with Gasteiger partial charge in [-0.25, -0.2) is 9.59 Å². The molecule has 0 heterocycles. The Morgan fingerprint density at radius 1 is 0.889 bits per heavy atom. The van der Waals surface area contributed by atoms with Gasteiger partial charge in [0.05, 0.1) is 0 Å². The van der Waals surface area contributed by atoms with Crippen molar-refractivity contribution in [2.24, 2.45) is 0 Å². The minimum atomic E-state index is -1.39. The number of rotatable bonds is 6. The largest absolute Gasteiger partial charge is 0.478 e. The van der Waals surface area contributed by atoms with Crippen LogP contribution in [0.4, 0.5) is 0 Å². The maximum atomic E-state index is 10.9. The maximum Gasteiger partial charge on any atom is 0.339 e. The molecule has 0 fully saturated rings. The average molecular weight is 258 g/mol. The van der Waals surface area contributed by atoms with Gasteiger partial charge in [-0.05, 0) is 12.1 Å². The van der Waals surface area contributed by atoms with E-state index in [1.165, 1.54) is 0 Å². The van der Waals surface area contributed by atoms with Crippen LogP contribution in [0, 0.1) is 0 Å². The minimum absolute atomic E-state index is 0.391. The van der Waals surface area contributed by atoms with Gasteiger partial charge in [0.1, 0.15) is 11.1 Å². The van der Waals surface area contributed by atoms with Crippen LogP contribution >= 0.6 is 0 Å². The predicted octanol–water partition coefficient (Wildman–Crippen LogP) is -0.260. The Hall–Kier alpha value is -2.32. The molecule has 0 saturated heterocycles. The fourth-order valence-corrected chi connectivity index (χ4v) is 1.32. The normalized spacial score (nSPS) is 9.89. The molecule has 1 rings (SSSR count). The summed E-state index contributed by atoms with van der Waals surface area (Å²) in [5.74, 6) is -3.70. The van der Waals surface area contributed by atoms with Crippen LogP contribution in [-0.2, 0) is 0 Å². The highest BCUT2D eigenvalue weighted by Gasteiger charge is 2.23. The highest BCUT2D eigenvalue weighted by atomic mass is 16.6. The Balaban J connectivity index is 3.48. The lowest BCUT2D eigenvalue weighted by Gasteiger charge is -2.14. The van der Waals surface area contributed by atoms with E-state index in [2.05, 4.69) is 9.47 Å². The number of hydrogen-bond donors (Lipinski definition) is 4. The molecule has 0 aliphatic rings. The topological polar surface area (TPSA) is 134 Å². The zero-order valence-corrected chi connectivity index (χ0v) is 8.99. The third-order valence-electron chi connectivity index (χ3n) is 1.99. The molecular weight excluding hydrogens is 248 g/mol. The first-order chi connectivity index (χ1) is 8.52. The van der Waals surface area contributed by atoms with E-state index in [4.69, 9.17) is 20.4 Å². The van der Waals surface area contributed by atoms with E-state index >= 15 is 0 Å². The van der Waals surface area contributed by atoms with Gasteiger partial charge in [0.2, 0.25) is 0 Å². The highest BCUT2D eigenvalue weighted by molar-refractivity contribution is 5.98. The van der Waals surface area contributed by atoms with Crippen molar-refractivity contribution in [3.05, 3.63) is 23.3 Å². The summed E-state index contributed by atoms with van der Waals surface area (Å²) in [5, 5.41) is 35.1. The number of carboxylic acid groups (broad SMARTS) is 2. The van der Waals surface area contributed by atoms with E-state index in [1.54, 1.807) is 0 Å². The molecule has 8 heteroatoms. The minimum Gasteiger partial charge on any atom is -0.478 e. The molecule has 8 nitrogen and oxygen atoms in total. The molecule has 1 aromatic carbocycles. The summed E-state index contributed by atoms with van der Waals surface area (Å²) in [6.45, 7) is -1.74. The Morgan fingerprint density at radius 2 is 1.22 bits per heavy atom. The first-order valence-corrected chi connectivity index (χ1v) is 4.63. The number of carbonyl (C=O) groups is 2. The smallest absolute Gasteiger partial charge is 0.339 e. The Labute approximate surface area is 101 Å². The third-order valence-corrected chi connectivity index (χ3v) is 1.99. The molecule has 18 heavy (non-hydrogen) atoms. The average Bonchev–Trinajstić information content (AvgIpc) is 2.30. The molecule has 0 atom stereocenters. The molecule has 0 spiro atoms. The van der Waals surface area contributed by atoms with E-state index in [1.807, 2.05) is 0 Å². The van der Waals surface area contributed by atoms with Crippen LogP contribution in [0.5, 0.6) is 11.5 Å². The maximum absolute atomic E-state index is 10.9. The van der Waals surface area contributed by atoms with Crippen LogP contribution < -0.4 is 9.47 Å². The summed E-state index contributed by atoms with van der Waals surface area (Å²) in [6, 6.07) is 2.00. The van der Waals surface area contributed by atoms with E-state index < -0.39 is 48.2 Å². The van der Waals surface area contributed by atoms with Crippen LogP contribution in [0.25, 0.3) is 0 Å². The molecule has 1 aromatic rings. The van der Waals surface area contributed by atoms with Crippen LogP contribution in [0.15, 0.2) is 12.1 Å². The zero-order valence-electron chi connectivity index (χ0n) is 8.99. The lowest BCUT2D eigenvalue weighted by molar-refractivity contribution is 0.0593. The van der Waals surface area contributed by atoms with Crippen LogP contribution in [0.1, 0.15) is 20.7 Å². The lowest BCUT2D eigenvalue weighted by atomic mass is 10.1. The molecule has 0 bridgehead atoms. The van der Waals surface area contributed by atoms with Crippen molar-refractivity contribution in [2.75, 3.05) is 13.6 Å². The van der Waals surface area contributed by atoms with E-state index in [9.17, 15) is 9.59 Å². The van der Waals surface area contributed by atoms with E-state index in [-0.39, 0.29) is 0 Å². The van der Waals surface area contributed by atoms with Crippen molar-refractivity contribution < 1.29 is 39.5 Å². The van der Waals surface area contributed by atoms with Gasteiger partial charge >= 0.3 is 11.9 Å². The van der Waals surface area contributed by atoms with Gasteiger partial charge in [-0.2, -0.15) is 0 Å². The first-order valence-electron chi connectivity index (χ1n) is 4.63. The van der Waals surface area contributed by atoms with E-state index in [0.717, 1.165) is 12.1 Å². The van der Waals surface area contributed by atoms with Crippen LogP contribution in [0.2, 0.25) is 0 Å². The van der Waals surface area contributed by atoms with Gasteiger partial charge in [0.15, 0.2) is 25.1 Å². The highest BCUT2D eigenvalue weighted by Crippen LogP contribution is 2.35. The second kappa shape index (κ2) is 5.84. The van der Waals surface area contributed by atoms with Crippen molar-refractivity contribution in [3.8, 4) is 11.5 Å². The molecule has 4 N–H and O–H groups in total. The van der Waals surface area contributed by atoms with Gasteiger partial charge in [0, 0.05) is 0 Å². The molecule has 0 unspecified atom stereocenters. The van der Waals surface area contributed by atoms with Crippen molar-refractivity contribution in [1.82, 2.24) is 0 Å². The number of carboxylic acids is 2. The van der Waals surface area contributed by atoms with E-state index in [0.29, 0.717) is 0 Å². The first kappa shape index (κ1) is 13.7. The van der Waals surface area contributed by atoms with Crippen molar-refractivity contribution in [1.29, 1.82) is 0 Å².